The van der Waals surface area contributed by atoms with Gasteiger partial charge in [0.1, 0.15) is 5.82 Å². The third kappa shape index (κ3) is 1.64. The quantitative estimate of drug-likeness (QED) is 0.768. The number of hydrogen-bond acceptors (Lipinski definition) is 3. The predicted molar refractivity (Wildman–Crippen MR) is 62.4 cm³/mol. The molecule has 2 heterocycles. The van der Waals surface area contributed by atoms with Gasteiger partial charge in [-0.15, -0.1) is 0 Å². The lowest BCUT2D eigenvalue weighted by molar-refractivity contribution is 0.0536. The molecular weight excluding hydrogens is 236 g/mol. The highest BCUT2D eigenvalue weighted by atomic mass is 19.3. The van der Waals surface area contributed by atoms with Crippen LogP contribution in [0.5, 0.6) is 0 Å². The van der Waals surface area contributed by atoms with Crippen LogP contribution < -0.4 is 4.90 Å². The van der Waals surface area contributed by atoms with Crippen LogP contribution in [0.4, 0.5) is 14.6 Å². The van der Waals surface area contributed by atoms with Crippen molar-refractivity contribution in [1.29, 1.82) is 5.26 Å². The van der Waals surface area contributed by atoms with E-state index in [-0.39, 0.29) is 6.42 Å². The smallest absolute Gasteiger partial charge is 0.254 e. The van der Waals surface area contributed by atoms with Gasteiger partial charge >= 0.3 is 0 Å². The molecule has 94 valence electrons. The fourth-order valence-electron chi connectivity index (χ4n) is 2.75. The zero-order valence-corrected chi connectivity index (χ0v) is 9.87. The Kier molecular flexibility index (Phi) is 2.31. The minimum absolute atomic E-state index is 0.0412. The molecular formula is C13H13F2N3. The van der Waals surface area contributed by atoms with Gasteiger partial charge in [-0.1, -0.05) is 0 Å². The van der Waals surface area contributed by atoms with Gasteiger partial charge in [-0.3, -0.25) is 0 Å². The van der Waals surface area contributed by atoms with E-state index in [1.807, 2.05) is 4.90 Å². The number of halogens is 2. The number of pyridine rings is 1. The summed E-state index contributed by atoms with van der Waals surface area (Å²) in [5, 5.41) is 8.83. The fourth-order valence-corrected chi connectivity index (χ4v) is 2.75. The van der Waals surface area contributed by atoms with Crippen molar-refractivity contribution in [2.75, 3.05) is 18.0 Å². The molecule has 1 saturated carbocycles. The minimum Gasteiger partial charge on any atom is -0.357 e. The Labute approximate surface area is 104 Å². The maximum Gasteiger partial charge on any atom is 0.254 e. The first-order valence-corrected chi connectivity index (χ1v) is 6.05. The SMILES string of the molecule is N#Cc1ccnc(N2CCC3(CC2)CC3(F)F)c1. The molecule has 1 aliphatic heterocycles. The summed E-state index contributed by atoms with van der Waals surface area (Å²) < 4.78 is 26.5. The Morgan fingerprint density at radius 3 is 2.56 bits per heavy atom. The number of anilines is 1. The number of alkyl halides is 2. The van der Waals surface area contributed by atoms with E-state index in [2.05, 4.69) is 11.1 Å². The Morgan fingerprint density at radius 2 is 2.00 bits per heavy atom. The van der Waals surface area contributed by atoms with Crippen molar-refractivity contribution in [2.45, 2.75) is 25.2 Å². The first-order chi connectivity index (χ1) is 8.56. The highest BCUT2D eigenvalue weighted by molar-refractivity contribution is 5.45. The standard InChI is InChI=1S/C13H13F2N3/c14-13(15)9-12(13)2-5-18(6-3-12)11-7-10(8-16)1-4-17-11/h1,4,7H,2-3,5-6,9H2. The van der Waals surface area contributed by atoms with E-state index in [1.54, 1.807) is 18.3 Å². The van der Waals surface area contributed by atoms with Gasteiger partial charge in [-0.2, -0.15) is 5.26 Å². The van der Waals surface area contributed by atoms with E-state index < -0.39 is 11.3 Å². The van der Waals surface area contributed by atoms with Crippen LogP contribution >= 0.6 is 0 Å². The number of piperidine rings is 1. The summed E-state index contributed by atoms with van der Waals surface area (Å²) >= 11 is 0. The average Bonchev–Trinajstić information content (AvgIpc) is 2.91. The second kappa shape index (κ2) is 3.64. The summed E-state index contributed by atoms with van der Waals surface area (Å²) in [6.45, 7) is 1.19. The second-order valence-electron chi connectivity index (χ2n) is 5.16. The van der Waals surface area contributed by atoms with Crippen molar-refractivity contribution in [3.05, 3.63) is 23.9 Å². The van der Waals surface area contributed by atoms with Gasteiger partial charge in [0.05, 0.1) is 11.6 Å². The van der Waals surface area contributed by atoms with Gasteiger partial charge in [0.2, 0.25) is 0 Å². The number of rotatable bonds is 1. The number of aromatic nitrogens is 1. The van der Waals surface area contributed by atoms with E-state index in [0.29, 0.717) is 37.3 Å². The average molecular weight is 249 g/mol. The topological polar surface area (TPSA) is 39.9 Å². The molecule has 18 heavy (non-hydrogen) atoms. The summed E-state index contributed by atoms with van der Waals surface area (Å²) in [5.41, 5.74) is -0.187. The van der Waals surface area contributed by atoms with Gasteiger partial charge in [0, 0.05) is 31.1 Å². The Bertz CT molecular complexity index is 513. The van der Waals surface area contributed by atoms with Gasteiger partial charge in [-0.25, -0.2) is 13.8 Å². The highest BCUT2D eigenvalue weighted by Crippen LogP contribution is 2.65. The molecule has 1 aliphatic carbocycles. The van der Waals surface area contributed by atoms with Crippen LogP contribution in [0.3, 0.4) is 0 Å². The molecule has 2 fully saturated rings. The summed E-state index contributed by atoms with van der Waals surface area (Å²) in [6.07, 6.45) is 2.65. The van der Waals surface area contributed by atoms with Crippen LogP contribution in [0.15, 0.2) is 18.3 Å². The van der Waals surface area contributed by atoms with Crippen molar-refractivity contribution in [3.8, 4) is 6.07 Å². The van der Waals surface area contributed by atoms with E-state index in [9.17, 15) is 8.78 Å². The summed E-state index contributed by atoms with van der Waals surface area (Å²) in [5.74, 6) is -1.74. The van der Waals surface area contributed by atoms with Crippen molar-refractivity contribution < 1.29 is 8.78 Å². The second-order valence-corrected chi connectivity index (χ2v) is 5.16. The van der Waals surface area contributed by atoms with Gasteiger partial charge in [-0.05, 0) is 25.0 Å². The molecule has 0 atom stereocenters. The maximum atomic E-state index is 13.2. The van der Waals surface area contributed by atoms with E-state index in [0.717, 1.165) is 0 Å². The van der Waals surface area contributed by atoms with Crippen molar-refractivity contribution in [1.82, 2.24) is 4.98 Å². The summed E-state index contributed by atoms with van der Waals surface area (Å²) in [6, 6.07) is 5.42. The highest BCUT2D eigenvalue weighted by Gasteiger charge is 2.70. The molecule has 0 amide bonds. The zero-order valence-electron chi connectivity index (χ0n) is 9.87. The van der Waals surface area contributed by atoms with Crippen LogP contribution in [-0.4, -0.2) is 24.0 Å². The Morgan fingerprint density at radius 1 is 1.33 bits per heavy atom. The first-order valence-electron chi connectivity index (χ1n) is 6.05. The molecule has 0 unspecified atom stereocenters. The van der Waals surface area contributed by atoms with E-state index in [4.69, 9.17) is 5.26 Å². The monoisotopic (exact) mass is 249 g/mol. The molecule has 0 radical (unpaired) electrons. The number of nitrogens with zero attached hydrogens (tertiary/aromatic N) is 3. The predicted octanol–water partition coefficient (Wildman–Crippen LogP) is 2.58. The van der Waals surface area contributed by atoms with Crippen LogP contribution in [0.1, 0.15) is 24.8 Å². The third-order valence-corrected chi connectivity index (χ3v) is 4.13. The molecule has 3 rings (SSSR count). The van der Waals surface area contributed by atoms with Crippen LogP contribution in [0.25, 0.3) is 0 Å². The van der Waals surface area contributed by atoms with E-state index >= 15 is 0 Å². The van der Waals surface area contributed by atoms with Gasteiger partial charge in [0.15, 0.2) is 0 Å². The maximum absolute atomic E-state index is 13.2. The largest absolute Gasteiger partial charge is 0.357 e. The van der Waals surface area contributed by atoms with Crippen molar-refractivity contribution >= 4 is 5.82 Å². The van der Waals surface area contributed by atoms with Crippen LogP contribution in [0.2, 0.25) is 0 Å². The number of hydrogen-bond donors (Lipinski definition) is 0. The minimum atomic E-state index is -2.46. The van der Waals surface area contributed by atoms with Crippen molar-refractivity contribution in [2.24, 2.45) is 5.41 Å². The molecule has 0 aromatic carbocycles. The molecule has 0 N–H and O–H groups in total. The number of nitriles is 1. The van der Waals surface area contributed by atoms with Gasteiger partial charge in [0.25, 0.3) is 5.92 Å². The lowest BCUT2D eigenvalue weighted by atomic mass is 9.93. The third-order valence-electron chi connectivity index (χ3n) is 4.13. The molecule has 1 aromatic rings. The molecule has 3 nitrogen and oxygen atoms in total. The molecule has 1 spiro atoms. The fraction of sp³-hybridized carbons (Fsp3) is 0.538. The molecule has 1 saturated heterocycles. The summed E-state index contributed by atoms with van der Waals surface area (Å²) in [4.78, 5) is 6.19. The Hall–Kier alpha value is -1.70. The zero-order chi connectivity index (χ0) is 12.8. The first kappa shape index (κ1) is 11.4. The van der Waals surface area contributed by atoms with E-state index in [1.165, 1.54) is 0 Å². The lowest BCUT2D eigenvalue weighted by Gasteiger charge is -2.33. The molecule has 0 bridgehead atoms. The lowest BCUT2D eigenvalue weighted by Crippen LogP contribution is -2.37. The Balaban J connectivity index is 1.72. The normalized spacial score (nSPS) is 23.7. The molecule has 2 aliphatic rings. The van der Waals surface area contributed by atoms with Crippen LogP contribution in [0, 0.1) is 16.7 Å². The van der Waals surface area contributed by atoms with Gasteiger partial charge < -0.3 is 4.90 Å². The molecule has 1 aromatic heterocycles. The van der Waals surface area contributed by atoms with Crippen molar-refractivity contribution in [3.63, 3.8) is 0 Å². The molecule has 5 heteroatoms. The summed E-state index contributed by atoms with van der Waals surface area (Å²) in [7, 11) is 0. The van der Waals surface area contributed by atoms with Crippen LogP contribution in [-0.2, 0) is 0 Å².